The fraction of sp³-hybridized carbons (Fsp3) is 0.600. The molecule has 0 fully saturated rings. The molecule has 0 bridgehead atoms. The highest BCUT2D eigenvalue weighted by Gasteiger charge is 2.22. The van der Waals surface area contributed by atoms with Crippen molar-refractivity contribution < 1.29 is 0 Å². The van der Waals surface area contributed by atoms with Gasteiger partial charge < -0.3 is 0 Å². The fourth-order valence-electron chi connectivity index (χ4n) is 1.12. The van der Waals surface area contributed by atoms with Gasteiger partial charge in [-0.25, -0.2) is 4.98 Å². The first kappa shape index (κ1) is 12.5. The van der Waals surface area contributed by atoms with Gasteiger partial charge in [0.1, 0.15) is 9.88 Å². The largest absolute Gasteiger partial charge is 0.299 e. The molecule has 3 nitrogen and oxygen atoms in total. The number of nitriles is 1. The number of hydrogen-bond acceptors (Lipinski definition) is 5. The van der Waals surface area contributed by atoms with Crippen LogP contribution in [0.4, 0.5) is 0 Å². The molecule has 0 aliphatic heterocycles. The Labute approximate surface area is 98.9 Å². The SMILES string of the molecule is CCNC(C)(C#N)CSc1nc(C)cs1. The number of rotatable bonds is 5. The van der Waals surface area contributed by atoms with Crippen LogP contribution in [0.25, 0.3) is 0 Å². The molecule has 1 N–H and O–H groups in total. The number of aromatic nitrogens is 1. The van der Waals surface area contributed by atoms with E-state index in [1.54, 1.807) is 23.1 Å². The number of nitrogens with zero attached hydrogens (tertiary/aromatic N) is 2. The molecule has 5 heteroatoms. The van der Waals surface area contributed by atoms with Crippen LogP contribution in [0, 0.1) is 18.3 Å². The van der Waals surface area contributed by atoms with E-state index < -0.39 is 5.54 Å². The van der Waals surface area contributed by atoms with Gasteiger partial charge in [-0.1, -0.05) is 18.7 Å². The maximum absolute atomic E-state index is 9.06. The van der Waals surface area contributed by atoms with Gasteiger partial charge in [0.05, 0.1) is 6.07 Å². The summed E-state index contributed by atoms with van der Waals surface area (Å²) >= 11 is 3.27. The lowest BCUT2D eigenvalue weighted by Crippen LogP contribution is -2.43. The third kappa shape index (κ3) is 3.82. The number of hydrogen-bond donors (Lipinski definition) is 1. The zero-order chi connectivity index (χ0) is 11.3. The van der Waals surface area contributed by atoms with Crippen LogP contribution in [0.1, 0.15) is 19.5 Å². The zero-order valence-corrected chi connectivity index (χ0v) is 10.8. The molecule has 1 unspecified atom stereocenters. The third-order valence-corrected chi connectivity index (χ3v) is 4.35. The summed E-state index contributed by atoms with van der Waals surface area (Å²) in [6, 6.07) is 2.30. The first-order valence-electron chi connectivity index (χ1n) is 4.81. The summed E-state index contributed by atoms with van der Waals surface area (Å²) in [5.41, 5.74) is 0.587. The molecule has 1 rings (SSSR count). The zero-order valence-electron chi connectivity index (χ0n) is 9.20. The topological polar surface area (TPSA) is 48.7 Å². The summed E-state index contributed by atoms with van der Waals surface area (Å²) in [6.07, 6.45) is 0. The van der Waals surface area contributed by atoms with Crippen molar-refractivity contribution in [3.63, 3.8) is 0 Å². The van der Waals surface area contributed by atoms with Crippen LogP contribution in [-0.2, 0) is 0 Å². The Kier molecular flexibility index (Phi) is 4.58. The minimum absolute atomic E-state index is 0.459. The van der Waals surface area contributed by atoms with Crippen molar-refractivity contribution in [2.45, 2.75) is 30.6 Å². The van der Waals surface area contributed by atoms with Gasteiger partial charge in [0, 0.05) is 16.8 Å². The number of thioether (sulfide) groups is 1. The minimum atomic E-state index is -0.459. The smallest absolute Gasteiger partial charge is 0.150 e. The lowest BCUT2D eigenvalue weighted by Gasteiger charge is -2.21. The number of thiazole rings is 1. The van der Waals surface area contributed by atoms with Gasteiger partial charge in [0.2, 0.25) is 0 Å². The van der Waals surface area contributed by atoms with Crippen LogP contribution in [0.15, 0.2) is 9.72 Å². The standard InChI is InChI=1S/C10H15N3S2/c1-4-12-10(3,6-11)7-15-9-13-8(2)5-14-9/h5,12H,4,7H2,1-3H3. The molecule has 15 heavy (non-hydrogen) atoms. The Balaban J connectivity index is 2.51. The normalized spacial score (nSPS) is 14.5. The Bertz CT molecular complexity index is 356. The molecule has 0 aromatic carbocycles. The second-order valence-electron chi connectivity index (χ2n) is 3.52. The number of aryl methyl sites for hydroxylation is 1. The van der Waals surface area contributed by atoms with E-state index in [0.717, 1.165) is 22.3 Å². The number of nitrogens with one attached hydrogen (secondary N) is 1. The first-order chi connectivity index (χ1) is 7.09. The fourth-order valence-corrected chi connectivity index (χ4v) is 3.02. The van der Waals surface area contributed by atoms with Gasteiger partial charge in [0.25, 0.3) is 0 Å². The van der Waals surface area contributed by atoms with Crippen LogP contribution in [0.3, 0.4) is 0 Å². The van der Waals surface area contributed by atoms with Crippen molar-refractivity contribution in [1.82, 2.24) is 10.3 Å². The lowest BCUT2D eigenvalue weighted by molar-refractivity contribution is 0.511. The average molecular weight is 241 g/mol. The minimum Gasteiger partial charge on any atom is -0.299 e. The van der Waals surface area contributed by atoms with Gasteiger partial charge >= 0.3 is 0 Å². The van der Waals surface area contributed by atoms with Crippen molar-refractivity contribution in [3.05, 3.63) is 11.1 Å². The third-order valence-electron chi connectivity index (χ3n) is 1.90. The van der Waals surface area contributed by atoms with Gasteiger partial charge in [0.15, 0.2) is 0 Å². The summed E-state index contributed by atoms with van der Waals surface area (Å²) in [5, 5.41) is 14.3. The molecule has 0 aliphatic rings. The summed E-state index contributed by atoms with van der Waals surface area (Å²) in [5.74, 6) is 0.726. The molecule has 0 radical (unpaired) electrons. The van der Waals surface area contributed by atoms with Gasteiger partial charge in [-0.05, 0) is 20.4 Å². The second-order valence-corrected chi connectivity index (χ2v) is 5.60. The molecule has 1 aromatic heterocycles. The summed E-state index contributed by atoms with van der Waals surface area (Å²) in [7, 11) is 0. The van der Waals surface area contributed by atoms with E-state index in [2.05, 4.69) is 16.4 Å². The molecule has 1 aromatic rings. The van der Waals surface area contributed by atoms with E-state index in [4.69, 9.17) is 5.26 Å². The predicted octanol–water partition coefficient (Wildman–Crippen LogP) is 2.44. The molecule has 0 saturated carbocycles. The Morgan fingerprint density at radius 1 is 1.73 bits per heavy atom. The van der Waals surface area contributed by atoms with Crippen molar-refractivity contribution in [3.8, 4) is 6.07 Å². The van der Waals surface area contributed by atoms with E-state index in [1.165, 1.54) is 0 Å². The second kappa shape index (κ2) is 5.50. The molecule has 0 amide bonds. The van der Waals surface area contributed by atoms with Crippen LogP contribution in [-0.4, -0.2) is 22.8 Å². The monoisotopic (exact) mass is 241 g/mol. The molecule has 0 spiro atoms. The van der Waals surface area contributed by atoms with Gasteiger partial charge in [-0.15, -0.1) is 11.3 Å². The summed E-state index contributed by atoms with van der Waals surface area (Å²) < 4.78 is 1.03. The van der Waals surface area contributed by atoms with Crippen molar-refractivity contribution in [2.75, 3.05) is 12.3 Å². The highest BCUT2D eigenvalue weighted by atomic mass is 32.2. The Hall–Kier alpha value is -0.570. The van der Waals surface area contributed by atoms with E-state index in [9.17, 15) is 0 Å². The van der Waals surface area contributed by atoms with Crippen LogP contribution in [0.2, 0.25) is 0 Å². The van der Waals surface area contributed by atoms with Gasteiger partial charge in [-0.3, -0.25) is 5.32 Å². The summed E-state index contributed by atoms with van der Waals surface area (Å²) in [6.45, 7) is 6.72. The predicted molar refractivity (Wildman–Crippen MR) is 65.3 cm³/mol. The Morgan fingerprint density at radius 2 is 2.47 bits per heavy atom. The Morgan fingerprint density at radius 3 is 2.93 bits per heavy atom. The van der Waals surface area contributed by atoms with E-state index >= 15 is 0 Å². The van der Waals surface area contributed by atoms with Crippen molar-refractivity contribution in [2.24, 2.45) is 0 Å². The van der Waals surface area contributed by atoms with Crippen molar-refractivity contribution in [1.29, 1.82) is 5.26 Å². The van der Waals surface area contributed by atoms with Crippen LogP contribution in [0.5, 0.6) is 0 Å². The van der Waals surface area contributed by atoms with Gasteiger partial charge in [-0.2, -0.15) is 5.26 Å². The van der Waals surface area contributed by atoms with E-state index in [0.29, 0.717) is 0 Å². The highest BCUT2D eigenvalue weighted by molar-refractivity contribution is 8.01. The molecule has 0 saturated heterocycles. The van der Waals surface area contributed by atoms with E-state index in [1.807, 2.05) is 26.2 Å². The maximum Gasteiger partial charge on any atom is 0.150 e. The molecule has 1 atom stereocenters. The van der Waals surface area contributed by atoms with Crippen LogP contribution >= 0.6 is 23.1 Å². The highest BCUT2D eigenvalue weighted by Crippen LogP contribution is 2.25. The summed E-state index contributed by atoms with van der Waals surface area (Å²) in [4.78, 5) is 4.35. The molecule has 82 valence electrons. The quantitative estimate of drug-likeness (QED) is 0.804. The van der Waals surface area contributed by atoms with E-state index in [-0.39, 0.29) is 0 Å². The lowest BCUT2D eigenvalue weighted by atomic mass is 10.1. The molecule has 1 heterocycles. The first-order valence-corrected chi connectivity index (χ1v) is 6.67. The average Bonchev–Trinajstić information content (AvgIpc) is 2.62. The maximum atomic E-state index is 9.06. The van der Waals surface area contributed by atoms with Crippen molar-refractivity contribution >= 4 is 23.1 Å². The molecular formula is C10H15N3S2. The molecular weight excluding hydrogens is 226 g/mol. The molecule has 0 aliphatic carbocycles. The van der Waals surface area contributed by atoms with Crippen LogP contribution < -0.4 is 5.32 Å².